The van der Waals surface area contributed by atoms with E-state index in [1.165, 1.54) is 12.1 Å². The fraction of sp³-hybridized carbons (Fsp3) is 0.0909. The van der Waals surface area contributed by atoms with Gasteiger partial charge in [-0.1, -0.05) is 48.5 Å². The third-order valence-electron chi connectivity index (χ3n) is 4.01. The second-order valence-corrected chi connectivity index (χ2v) is 5.91. The minimum atomic E-state index is -0.937. The molecule has 0 N–H and O–H groups in total. The van der Waals surface area contributed by atoms with Crippen molar-refractivity contribution in [2.24, 2.45) is 0 Å². The smallest absolute Gasteiger partial charge is 0.187 e. The Morgan fingerprint density at radius 3 is 2.48 bits per heavy atom. The zero-order chi connectivity index (χ0) is 19.2. The van der Waals surface area contributed by atoms with Crippen LogP contribution in [0.5, 0.6) is 5.75 Å². The molecule has 0 amide bonds. The monoisotopic (exact) mass is 363 g/mol. The SMILES string of the molecule is [C-]#[N+]c1ccc(CC(=O)c2cccc(OCc3cccc(F)c3F)c2)cc1. The molecule has 0 radical (unpaired) electrons. The molecule has 3 nitrogen and oxygen atoms in total. The normalized spacial score (nSPS) is 10.3. The third-order valence-corrected chi connectivity index (χ3v) is 4.01. The summed E-state index contributed by atoms with van der Waals surface area (Å²) in [4.78, 5) is 15.8. The Balaban J connectivity index is 1.68. The second kappa shape index (κ2) is 8.24. The van der Waals surface area contributed by atoms with Gasteiger partial charge in [-0.3, -0.25) is 4.79 Å². The largest absolute Gasteiger partial charge is 0.489 e. The Bertz CT molecular complexity index is 1010. The third kappa shape index (κ3) is 4.56. The van der Waals surface area contributed by atoms with Crippen molar-refractivity contribution in [3.05, 3.63) is 106 Å². The summed E-state index contributed by atoms with van der Waals surface area (Å²) < 4.78 is 32.4. The highest BCUT2D eigenvalue weighted by molar-refractivity contribution is 5.97. The van der Waals surface area contributed by atoms with E-state index in [0.717, 1.165) is 11.6 Å². The van der Waals surface area contributed by atoms with Crippen LogP contribution in [0.25, 0.3) is 4.85 Å². The number of rotatable bonds is 6. The molecule has 0 aliphatic carbocycles. The summed E-state index contributed by atoms with van der Waals surface area (Å²) >= 11 is 0. The molecule has 134 valence electrons. The Labute approximate surface area is 155 Å². The molecule has 0 aliphatic rings. The first-order valence-corrected chi connectivity index (χ1v) is 8.22. The van der Waals surface area contributed by atoms with Crippen molar-refractivity contribution >= 4 is 11.5 Å². The number of hydrogen-bond donors (Lipinski definition) is 0. The molecule has 3 aromatic rings. The summed E-state index contributed by atoms with van der Waals surface area (Å²) in [6.45, 7) is 6.80. The molecule has 0 unspecified atom stereocenters. The van der Waals surface area contributed by atoms with Gasteiger partial charge in [0.05, 0.1) is 6.57 Å². The first kappa shape index (κ1) is 18.3. The molecule has 0 saturated carbocycles. The molecular weight excluding hydrogens is 348 g/mol. The van der Waals surface area contributed by atoms with Gasteiger partial charge >= 0.3 is 0 Å². The summed E-state index contributed by atoms with van der Waals surface area (Å²) in [5, 5.41) is 0. The van der Waals surface area contributed by atoms with Crippen LogP contribution in [-0.4, -0.2) is 5.78 Å². The maximum atomic E-state index is 13.7. The van der Waals surface area contributed by atoms with E-state index in [-0.39, 0.29) is 24.4 Å². The fourth-order valence-corrected chi connectivity index (χ4v) is 2.56. The number of carbonyl (C=O) groups is 1. The van der Waals surface area contributed by atoms with E-state index < -0.39 is 11.6 Å². The van der Waals surface area contributed by atoms with E-state index in [9.17, 15) is 13.6 Å². The van der Waals surface area contributed by atoms with E-state index in [0.29, 0.717) is 17.0 Å². The van der Waals surface area contributed by atoms with Gasteiger partial charge in [0.2, 0.25) is 0 Å². The zero-order valence-electron chi connectivity index (χ0n) is 14.3. The molecule has 0 fully saturated rings. The lowest BCUT2D eigenvalue weighted by Crippen LogP contribution is -2.05. The predicted octanol–water partition coefficient (Wildman–Crippen LogP) is 5.52. The Hall–Kier alpha value is -3.52. The van der Waals surface area contributed by atoms with E-state index in [2.05, 4.69) is 4.85 Å². The molecule has 0 heterocycles. The number of Topliss-reactive ketones (excluding diaryl/α,β-unsaturated/α-hetero) is 1. The highest BCUT2D eigenvalue weighted by Gasteiger charge is 2.11. The van der Waals surface area contributed by atoms with Crippen LogP contribution in [0.15, 0.2) is 66.7 Å². The number of ketones is 1. The number of ether oxygens (including phenoxy) is 1. The molecule has 3 rings (SSSR count). The lowest BCUT2D eigenvalue weighted by molar-refractivity contribution is 0.0992. The standard InChI is InChI=1S/C22H15F2NO2/c1-25-18-10-8-15(9-11-18)12-21(26)16-4-2-6-19(13-16)27-14-17-5-3-7-20(23)22(17)24/h2-11,13H,12,14H2. The quantitative estimate of drug-likeness (QED) is 0.426. The Morgan fingerprint density at radius 2 is 1.74 bits per heavy atom. The van der Waals surface area contributed by atoms with Gasteiger partial charge in [-0.15, -0.1) is 0 Å². The van der Waals surface area contributed by atoms with Gasteiger partial charge in [-0.2, -0.15) is 0 Å². The van der Waals surface area contributed by atoms with Gasteiger partial charge in [0.25, 0.3) is 0 Å². The molecule has 5 heteroatoms. The summed E-state index contributed by atoms with van der Waals surface area (Å²) in [5.41, 5.74) is 1.89. The highest BCUT2D eigenvalue weighted by atomic mass is 19.2. The highest BCUT2D eigenvalue weighted by Crippen LogP contribution is 2.19. The van der Waals surface area contributed by atoms with Crippen LogP contribution in [-0.2, 0) is 13.0 Å². The van der Waals surface area contributed by atoms with Gasteiger partial charge in [-0.25, -0.2) is 13.6 Å². The van der Waals surface area contributed by atoms with Crippen molar-refractivity contribution in [2.45, 2.75) is 13.0 Å². The zero-order valence-corrected chi connectivity index (χ0v) is 14.3. The van der Waals surface area contributed by atoms with Crippen LogP contribution in [0.2, 0.25) is 0 Å². The topological polar surface area (TPSA) is 30.7 Å². The van der Waals surface area contributed by atoms with Crippen LogP contribution in [0.1, 0.15) is 21.5 Å². The number of hydrogen-bond acceptors (Lipinski definition) is 2. The van der Waals surface area contributed by atoms with Crippen LogP contribution < -0.4 is 4.74 Å². The van der Waals surface area contributed by atoms with Gasteiger partial charge in [-0.05, 0) is 23.8 Å². The minimum absolute atomic E-state index is 0.103. The summed E-state index contributed by atoms with van der Waals surface area (Å²) in [6.07, 6.45) is 0.195. The molecule has 3 aromatic carbocycles. The molecule has 0 saturated heterocycles. The van der Waals surface area contributed by atoms with Crippen LogP contribution >= 0.6 is 0 Å². The number of carbonyl (C=O) groups excluding carboxylic acids is 1. The average molecular weight is 363 g/mol. The number of benzene rings is 3. The summed E-state index contributed by atoms with van der Waals surface area (Å²) in [5.74, 6) is -1.57. The molecule has 27 heavy (non-hydrogen) atoms. The fourth-order valence-electron chi connectivity index (χ4n) is 2.56. The lowest BCUT2D eigenvalue weighted by atomic mass is 10.0. The van der Waals surface area contributed by atoms with Gasteiger partial charge in [0, 0.05) is 17.5 Å². The summed E-state index contributed by atoms with van der Waals surface area (Å²) in [6, 6.07) is 17.3. The van der Waals surface area contributed by atoms with E-state index >= 15 is 0 Å². The number of nitrogens with zero attached hydrogens (tertiary/aromatic N) is 1. The minimum Gasteiger partial charge on any atom is -0.489 e. The van der Waals surface area contributed by atoms with Gasteiger partial charge in [0.1, 0.15) is 12.4 Å². The van der Waals surface area contributed by atoms with Gasteiger partial charge in [0.15, 0.2) is 23.1 Å². The van der Waals surface area contributed by atoms with Crippen LogP contribution in [0.4, 0.5) is 14.5 Å². The predicted molar refractivity (Wildman–Crippen MR) is 97.9 cm³/mol. The van der Waals surface area contributed by atoms with Crippen molar-refractivity contribution in [1.82, 2.24) is 0 Å². The first-order chi connectivity index (χ1) is 13.1. The Morgan fingerprint density at radius 1 is 1.00 bits per heavy atom. The first-order valence-electron chi connectivity index (χ1n) is 8.22. The Kier molecular flexibility index (Phi) is 5.58. The van der Waals surface area contributed by atoms with Crippen LogP contribution in [0, 0.1) is 18.2 Å². The van der Waals surface area contributed by atoms with Gasteiger partial charge < -0.3 is 4.74 Å². The van der Waals surface area contributed by atoms with E-state index in [1.54, 1.807) is 48.5 Å². The van der Waals surface area contributed by atoms with Crippen molar-refractivity contribution in [1.29, 1.82) is 0 Å². The molecule has 0 atom stereocenters. The molecule has 0 bridgehead atoms. The van der Waals surface area contributed by atoms with Crippen molar-refractivity contribution in [3.63, 3.8) is 0 Å². The van der Waals surface area contributed by atoms with Crippen LogP contribution in [0.3, 0.4) is 0 Å². The van der Waals surface area contributed by atoms with Crippen molar-refractivity contribution in [2.75, 3.05) is 0 Å². The maximum absolute atomic E-state index is 13.7. The molecule has 0 spiro atoms. The maximum Gasteiger partial charge on any atom is 0.187 e. The van der Waals surface area contributed by atoms with Crippen molar-refractivity contribution in [3.8, 4) is 5.75 Å². The van der Waals surface area contributed by atoms with E-state index in [4.69, 9.17) is 11.3 Å². The van der Waals surface area contributed by atoms with E-state index in [1.807, 2.05) is 0 Å². The molecular formula is C22H15F2NO2. The molecule has 0 aliphatic heterocycles. The average Bonchev–Trinajstić information content (AvgIpc) is 2.70. The lowest BCUT2D eigenvalue weighted by Gasteiger charge is -2.09. The van der Waals surface area contributed by atoms with Crippen molar-refractivity contribution < 1.29 is 18.3 Å². The summed E-state index contributed by atoms with van der Waals surface area (Å²) in [7, 11) is 0. The second-order valence-electron chi connectivity index (χ2n) is 5.91. The number of halogens is 2. The molecule has 0 aromatic heterocycles.